The van der Waals surface area contributed by atoms with Gasteiger partial charge in [0.05, 0.1) is 0 Å². The number of hydrogen-bond donors (Lipinski definition) is 0. The van der Waals surface area contributed by atoms with E-state index in [1.807, 2.05) is 0 Å². The molecule has 0 heteroatoms. The Hall–Kier alpha value is 0. The number of rotatable bonds is 4. The van der Waals surface area contributed by atoms with Gasteiger partial charge in [-0.3, -0.25) is 0 Å². The average Bonchev–Trinajstić information content (AvgIpc) is 2.64. The van der Waals surface area contributed by atoms with E-state index in [9.17, 15) is 0 Å². The molecule has 0 aromatic carbocycles. The van der Waals surface area contributed by atoms with E-state index in [0.717, 1.165) is 23.7 Å². The van der Waals surface area contributed by atoms with Crippen LogP contribution in [0.25, 0.3) is 0 Å². The molecule has 0 nitrogen and oxygen atoms in total. The Labute approximate surface area is 84.1 Å². The first-order valence-electron chi connectivity index (χ1n) is 6.19. The molecule has 0 aromatic heterocycles. The highest BCUT2D eigenvalue weighted by Crippen LogP contribution is 2.41. The zero-order valence-electron chi connectivity index (χ0n) is 9.84. The molecule has 1 aliphatic rings. The Bertz CT molecular complexity index is 123. The van der Waals surface area contributed by atoms with Gasteiger partial charge in [-0.1, -0.05) is 40.5 Å². The zero-order valence-corrected chi connectivity index (χ0v) is 9.84. The van der Waals surface area contributed by atoms with E-state index in [2.05, 4.69) is 27.7 Å². The van der Waals surface area contributed by atoms with Gasteiger partial charge in [-0.05, 0) is 42.9 Å². The zero-order chi connectivity index (χ0) is 9.84. The molecule has 1 aliphatic carbocycles. The van der Waals surface area contributed by atoms with Crippen molar-refractivity contribution in [2.75, 3.05) is 0 Å². The summed E-state index contributed by atoms with van der Waals surface area (Å²) in [7, 11) is 0. The highest BCUT2D eigenvalue weighted by Gasteiger charge is 2.30. The molecule has 0 amide bonds. The summed E-state index contributed by atoms with van der Waals surface area (Å²) < 4.78 is 0. The summed E-state index contributed by atoms with van der Waals surface area (Å²) in [5.41, 5.74) is 0. The first-order chi connectivity index (χ1) is 6.19. The molecule has 0 bridgehead atoms. The van der Waals surface area contributed by atoms with Crippen molar-refractivity contribution in [1.82, 2.24) is 0 Å². The average molecular weight is 182 g/mol. The second-order valence-corrected chi connectivity index (χ2v) is 5.10. The van der Waals surface area contributed by atoms with Crippen molar-refractivity contribution in [3.05, 3.63) is 0 Å². The summed E-state index contributed by atoms with van der Waals surface area (Å²) in [6.45, 7) is 9.54. The second-order valence-electron chi connectivity index (χ2n) is 5.10. The van der Waals surface area contributed by atoms with Crippen LogP contribution in [0.3, 0.4) is 0 Å². The second kappa shape index (κ2) is 5.02. The minimum absolute atomic E-state index is 0.967. The predicted molar refractivity (Wildman–Crippen MR) is 59.7 cm³/mol. The summed E-state index contributed by atoms with van der Waals surface area (Å²) >= 11 is 0. The third kappa shape index (κ3) is 2.72. The van der Waals surface area contributed by atoms with Crippen LogP contribution in [-0.4, -0.2) is 0 Å². The van der Waals surface area contributed by atoms with Crippen LogP contribution in [0, 0.1) is 23.7 Å². The van der Waals surface area contributed by atoms with Gasteiger partial charge in [-0.15, -0.1) is 0 Å². The summed E-state index contributed by atoms with van der Waals surface area (Å²) in [6, 6.07) is 0. The molecular weight excluding hydrogens is 156 g/mol. The molecule has 0 aliphatic heterocycles. The van der Waals surface area contributed by atoms with E-state index < -0.39 is 0 Å². The van der Waals surface area contributed by atoms with Crippen molar-refractivity contribution < 1.29 is 0 Å². The normalized spacial score (nSPS) is 33.2. The summed E-state index contributed by atoms with van der Waals surface area (Å²) in [6.07, 6.45) is 7.27. The molecule has 0 spiro atoms. The van der Waals surface area contributed by atoms with Gasteiger partial charge in [0.2, 0.25) is 0 Å². The maximum atomic E-state index is 2.43. The van der Waals surface area contributed by atoms with Crippen molar-refractivity contribution in [3.8, 4) is 0 Å². The van der Waals surface area contributed by atoms with E-state index >= 15 is 0 Å². The van der Waals surface area contributed by atoms with Crippen molar-refractivity contribution in [3.63, 3.8) is 0 Å². The summed E-state index contributed by atoms with van der Waals surface area (Å²) in [5, 5.41) is 0. The standard InChI is InChI=1S/C13H26/c1-5-10(3)12-7-8-13(9-12)11(4)6-2/h10-13H,5-9H2,1-4H3. The lowest BCUT2D eigenvalue weighted by atomic mass is 9.86. The molecule has 13 heavy (non-hydrogen) atoms. The topological polar surface area (TPSA) is 0 Å². The van der Waals surface area contributed by atoms with Crippen LogP contribution in [-0.2, 0) is 0 Å². The van der Waals surface area contributed by atoms with E-state index in [0.29, 0.717) is 0 Å². The largest absolute Gasteiger partial charge is 0.0651 e. The molecule has 4 atom stereocenters. The molecule has 1 fully saturated rings. The van der Waals surface area contributed by atoms with Gasteiger partial charge in [0, 0.05) is 0 Å². The van der Waals surface area contributed by atoms with Gasteiger partial charge in [0.15, 0.2) is 0 Å². The van der Waals surface area contributed by atoms with Crippen LogP contribution in [0.2, 0.25) is 0 Å². The first kappa shape index (κ1) is 11.1. The van der Waals surface area contributed by atoms with E-state index in [1.54, 1.807) is 0 Å². The Morgan fingerprint density at radius 3 is 1.62 bits per heavy atom. The van der Waals surface area contributed by atoms with Crippen molar-refractivity contribution in [2.45, 2.75) is 59.8 Å². The molecule has 0 heterocycles. The van der Waals surface area contributed by atoms with Crippen LogP contribution < -0.4 is 0 Å². The van der Waals surface area contributed by atoms with E-state index in [4.69, 9.17) is 0 Å². The van der Waals surface area contributed by atoms with Gasteiger partial charge < -0.3 is 0 Å². The molecule has 78 valence electrons. The van der Waals surface area contributed by atoms with Gasteiger partial charge >= 0.3 is 0 Å². The third-order valence-corrected chi connectivity index (χ3v) is 4.41. The maximum Gasteiger partial charge on any atom is -0.0386 e. The lowest BCUT2D eigenvalue weighted by molar-refractivity contribution is 0.305. The molecular formula is C13H26. The summed E-state index contributed by atoms with van der Waals surface area (Å²) in [4.78, 5) is 0. The Morgan fingerprint density at radius 1 is 0.923 bits per heavy atom. The molecule has 0 radical (unpaired) electrons. The lowest BCUT2D eigenvalue weighted by Crippen LogP contribution is -2.10. The molecule has 0 aromatic rings. The molecule has 0 N–H and O–H groups in total. The molecule has 1 saturated carbocycles. The molecule has 0 saturated heterocycles. The van der Waals surface area contributed by atoms with Crippen molar-refractivity contribution >= 4 is 0 Å². The fraction of sp³-hybridized carbons (Fsp3) is 1.00. The van der Waals surface area contributed by atoms with Crippen LogP contribution >= 0.6 is 0 Å². The fourth-order valence-electron chi connectivity index (χ4n) is 2.75. The van der Waals surface area contributed by atoms with Crippen LogP contribution in [0.4, 0.5) is 0 Å². The fourth-order valence-corrected chi connectivity index (χ4v) is 2.75. The Morgan fingerprint density at radius 2 is 1.31 bits per heavy atom. The van der Waals surface area contributed by atoms with Crippen LogP contribution in [0.5, 0.6) is 0 Å². The van der Waals surface area contributed by atoms with Gasteiger partial charge in [-0.25, -0.2) is 0 Å². The van der Waals surface area contributed by atoms with Gasteiger partial charge in [0.1, 0.15) is 0 Å². The Balaban J connectivity index is 2.35. The minimum atomic E-state index is 0.967. The maximum absolute atomic E-state index is 2.43. The molecule has 4 unspecified atom stereocenters. The lowest BCUT2D eigenvalue weighted by Gasteiger charge is -2.20. The van der Waals surface area contributed by atoms with E-state index in [-0.39, 0.29) is 0 Å². The number of hydrogen-bond acceptors (Lipinski definition) is 0. The summed E-state index contributed by atoms with van der Waals surface area (Å²) in [5.74, 6) is 4.02. The third-order valence-electron chi connectivity index (χ3n) is 4.41. The SMILES string of the molecule is CCC(C)C1CCC(C(C)CC)C1. The monoisotopic (exact) mass is 182 g/mol. The Kier molecular flexibility index (Phi) is 4.28. The first-order valence-corrected chi connectivity index (χ1v) is 6.19. The van der Waals surface area contributed by atoms with E-state index in [1.165, 1.54) is 32.1 Å². The molecule has 1 rings (SSSR count). The van der Waals surface area contributed by atoms with Gasteiger partial charge in [-0.2, -0.15) is 0 Å². The quantitative estimate of drug-likeness (QED) is 0.600. The highest BCUT2D eigenvalue weighted by molar-refractivity contribution is 4.80. The van der Waals surface area contributed by atoms with Crippen molar-refractivity contribution in [2.24, 2.45) is 23.7 Å². The smallest absolute Gasteiger partial charge is 0.0386 e. The predicted octanol–water partition coefficient (Wildman–Crippen LogP) is 4.49. The van der Waals surface area contributed by atoms with Crippen LogP contribution in [0.1, 0.15) is 59.8 Å². The highest BCUT2D eigenvalue weighted by atomic mass is 14.4. The van der Waals surface area contributed by atoms with Gasteiger partial charge in [0.25, 0.3) is 0 Å². The van der Waals surface area contributed by atoms with Crippen molar-refractivity contribution in [1.29, 1.82) is 0 Å². The van der Waals surface area contributed by atoms with Crippen LogP contribution in [0.15, 0.2) is 0 Å². The minimum Gasteiger partial charge on any atom is -0.0651 e.